The Morgan fingerprint density at radius 1 is 1.12 bits per heavy atom. The van der Waals surface area contributed by atoms with E-state index >= 15 is 0 Å². The van der Waals surface area contributed by atoms with Crippen LogP contribution < -0.4 is 0 Å². The smallest absolute Gasteiger partial charge is 0.329 e. The van der Waals surface area contributed by atoms with Gasteiger partial charge in [0, 0.05) is 13.1 Å². The molecule has 0 spiro atoms. The maximum absolute atomic E-state index is 12.6. The predicted molar refractivity (Wildman–Crippen MR) is 87.9 cm³/mol. The molecule has 0 radical (unpaired) electrons. The van der Waals surface area contributed by atoms with Gasteiger partial charge in [0.1, 0.15) is 19.3 Å². The van der Waals surface area contributed by atoms with E-state index in [0.29, 0.717) is 0 Å². The fraction of sp³-hybridized carbons (Fsp3) is 0.412. The second-order valence-electron chi connectivity index (χ2n) is 6.13. The topological polar surface area (TPSA) is 107 Å². The van der Waals surface area contributed by atoms with E-state index in [-0.39, 0.29) is 44.7 Å². The Kier molecular flexibility index (Phi) is 5.17. The monoisotopic (exact) mass is 361 g/mol. The molecule has 4 amide bonds. The summed E-state index contributed by atoms with van der Waals surface area (Å²) in [6, 6.07) is 8.16. The minimum absolute atomic E-state index is 0.0884. The summed E-state index contributed by atoms with van der Waals surface area (Å²) in [7, 11) is 0. The van der Waals surface area contributed by atoms with Crippen LogP contribution in [0.4, 0.5) is 4.79 Å². The Labute approximate surface area is 149 Å². The van der Waals surface area contributed by atoms with Gasteiger partial charge in [-0.1, -0.05) is 30.3 Å². The zero-order valence-corrected chi connectivity index (χ0v) is 14.0. The van der Waals surface area contributed by atoms with E-state index in [2.05, 4.69) is 0 Å². The number of carbonyl (C=O) groups is 4. The maximum Gasteiger partial charge on any atom is 0.329 e. The molecule has 2 heterocycles. The molecule has 9 heteroatoms. The lowest BCUT2D eigenvalue weighted by Crippen LogP contribution is -2.55. The highest BCUT2D eigenvalue weighted by Crippen LogP contribution is 2.24. The highest BCUT2D eigenvalue weighted by atomic mass is 16.5. The molecule has 0 bridgehead atoms. The van der Waals surface area contributed by atoms with Crippen molar-refractivity contribution in [3.63, 3.8) is 0 Å². The molecule has 2 saturated heterocycles. The van der Waals surface area contributed by atoms with Crippen molar-refractivity contribution in [3.05, 3.63) is 35.9 Å². The molecule has 1 atom stereocenters. The van der Waals surface area contributed by atoms with Gasteiger partial charge in [-0.2, -0.15) is 0 Å². The lowest BCUT2D eigenvalue weighted by Gasteiger charge is -2.35. The second-order valence-corrected chi connectivity index (χ2v) is 6.13. The molecule has 1 aromatic carbocycles. The van der Waals surface area contributed by atoms with Crippen LogP contribution in [0.3, 0.4) is 0 Å². The van der Waals surface area contributed by atoms with Gasteiger partial charge >= 0.3 is 12.0 Å². The van der Waals surface area contributed by atoms with Gasteiger partial charge in [0.25, 0.3) is 5.91 Å². The largest absolute Gasteiger partial charge is 0.480 e. The number of carbonyl (C=O) groups excluding carboxylic acids is 3. The van der Waals surface area contributed by atoms with Crippen LogP contribution in [0.15, 0.2) is 30.3 Å². The Hall–Kier alpha value is -2.94. The van der Waals surface area contributed by atoms with Crippen molar-refractivity contribution in [3.8, 4) is 0 Å². The van der Waals surface area contributed by atoms with Crippen LogP contribution in [-0.2, 0) is 25.7 Å². The average Bonchev–Trinajstić information content (AvgIpc) is 2.87. The number of piperazine rings is 1. The lowest BCUT2D eigenvalue weighted by atomic mass is 10.1. The van der Waals surface area contributed by atoms with E-state index in [1.807, 2.05) is 30.3 Å². The number of amides is 4. The van der Waals surface area contributed by atoms with E-state index < -0.39 is 24.5 Å². The molecule has 2 aliphatic rings. The number of urea groups is 1. The number of benzene rings is 1. The molecular formula is C17H19N3O6. The summed E-state index contributed by atoms with van der Waals surface area (Å²) in [4.78, 5) is 51.8. The molecule has 1 aromatic rings. The van der Waals surface area contributed by atoms with E-state index in [4.69, 9.17) is 9.84 Å². The first-order valence-electron chi connectivity index (χ1n) is 8.20. The summed E-state index contributed by atoms with van der Waals surface area (Å²) in [6.07, 6.45) is 0. The van der Waals surface area contributed by atoms with Crippen LogP contribution in [0, 0.1) is 0 Å². The van der Waals surface area contributed by atoms with Crippen LogP contribution in [0.25, 0.3) is 0 Å². The zero-order valence-electron chi connectivity index (χ0n) is 14.0. The normalized spacial score (nSPS) is 19.7. The fourth-order valence-corrected chi connectivity index (χ4v) is 3.11. The maximum atomic E-state index is 12.6. The molecule has 1 N–H and O–H groups in total. The molecule has 3 rings (SSSR count). The highest BCUT2D eigenvalue weighted by molar-refractivity contribution is 6.04. The lowest BCUT2D eigenvalue weighted by molar-refractivity contribution is -0.146. The molecule has 2 fully saturated rings. The third kappa shape index (κ3) is 3.67. The number of ether oxygens (including phenoxy) is 1. The summed E-state index contributed by atoms with van der Waals surface area (Å²) >= 11 is 0. The summed E-state index contributed by atoms with van der Waals surface area (Å²) in [5.41, 5.74) is 0.851. The van der Waals surface area contributed by atoms with Crippen LogP contribution in [0.5, 0.6) is 0 Å². The number of aliphatic carboxylic acids is 1. The minimum atomic E-state index is -1.16. The van der Waals surface area contributed by atoms with E-state index in [1.54, 1.807) is 0 Å². The number of carboxylic acids is 1. The van der Waals surface area contributed by atoms with E-state index in [9.17, 15) is 19.2 Å². The summed E-state index contributed by atoms with van der Waals surface area (Å²) in [5, 5.41) is 8.53. The van der Waals surface area contributed by atoms with Gasteiger partial charge in [-0.3, -0.25) is 14.5 Å². The standard InChI is InChI=1S/C17H19N3O6/c21-14(10-26-11-15(22)23)18-6-7-19-13(9-18)16(24)20(17(19)25)8-12-4-2-1-3-5-12/h1-5,13H,6-11H2,(H,22,23)/t13-/m0/s1. The number of hydrogen-bond acceptors (Lipinski definition) is 5. The van der Waals surface area contributed by atoms with Crippen molar-refractivity contribution in [2.45, 2.75) is 12.6 Å². The number of rotatable bonds is 6. The molecule has 0 aromatic heterocycles. The number of fused-ring (bicyclic) bond motifs is 1. The SMILES string of the molecule is O=C(O)COCC(=O)N1CCN2C(=O)N(Cc3ccccc3)C(=O)[C@@H]2C1. The average molecular weight is 361 g/mol. The van der Waals surface area contributed by atoms with Gasteiger partial charge in [-0.15, -0.1) is 0 Å². The second kappa shape index (κ2) is 7.52. The van der Waals surface area contributed by atoms with Gasteiger partial charge in [0.05, 0.1) is 13.1 Å². The quantitative estimate of drug-likeness (QED) is 0.701. The molecule has 26 heavy (non-hydrogen) atoms. The minimum Gasteiger partial charge on any atom is -0.480 e. The fourth-order valence-electron chi connectivity index (χ4n) is 3.11. The van der Waals surface area contributed by atoms with Crippen LogP contribution in [0.2, 0.25) is 0 Å². The van der Waals surface area contributed by atoms with Crippen LogP contribution >= 0.6 is 0 Å². The molecule has 138 valence electrons. The molecular weight excluding hydrogens is 342 g/mol. The number of imide groups is 1. The number of nitrogens with zero attached hydrogens (tertiary/aromatic N) is 3. The molecule has 9 nitrogen and oxygen atoms in total. The highest BCUT2D eigenvalue weighted by Gasteiger charge is 2.48. The molecule has 0 aliphatic carbocycles. The Morgan fingerprint density at radius 2 is 1.85 bits per heavy atom. The van der Waals surface area contributed by atoms with Gasteiger partial charge in [-0.05, 0) is 5.56 Å². The first kappa shape index (κ1) is 17.9. The van der Waals surface area contributed by atoms with Crippen molar-refractivity contribution in [2.24, 2.45) is 0 Å². The van der Waals surface area contributed by atoms with Gasteiger partial charge in [-0.25, -0.2) is 9.59 Å². The summed E-state index contributed by atoms with van der Waals surface area (Å²) in [5.74, 6) is -1.88. The number of hydrogen-bond donors (Lipinski definition) is 1. The van der Waals surface area contributed by atoms with Gasteiger partial charge in [0.2, 0.25) is 5.91 Å². The zero-order chi connectivity index (χ0) is 18.7. The Morgan fingerprint density at radius 3 is 2.54 bits per heavy atom. The predicted octanol–water partition coefficient (Wildman–Crippen LogP) is -0.237. The molecule has 0 unspecified atom stereocenters. The van der Waals surface area contributed by atoms with Crippen molar-refractivity contribution in [1.82, 2.24) is 14.7 Å². The first-order chi connectivity index (χ1) is 12.5. The van der Waals surface area contributed by atoms with Crippen molar-refractivity contribution in [1.29, 1.82) is 0 Å². The van der Waals surface area contributed by atoms with E-state index in [1.165, 1.54) is 14.7 Å². The van der Waals surface area contributed by atoms with Crippen molar-refractivity contribution >= 4 is 23.8 Å². The third-order valence-electron chi connectivity index (χ3n) is 4.40. The number of carboxylic acid groups (broad SMARTS) is 1. The van der Waals surface area contributed by atoms with E-state index in [0.717, 1.165) is 5.56 Å². The van der Waals surface area contributed by atoms with Crippen molar-refractivity contribution in [2.75, 3.05) is 32.8 Å². The van der Waals surface area contributed by atoms with Crippen LogP contribution in [-0.4, -0.2) is 82.5 Å². The summed E-state index contributed by atoms with van der Waals surface area (Å²) < 4.78 is 4.80. The first-order valence-corrected chi connectivity index (χ1v) is 8.20. The summed E-state index contributed by atoms with van der Waals surface area (Å²) in [6.45, 7) is -0.103. The molecule has 0 saturated carbocycles. The Balaban J connectivity index is 1.62. The molecule has 2 aliphatic heterocycles. The van der Waals surface area contributed by atoms with Gasteiger partial charge in [0.15, 0.2) is 0 Å². The van der Waals surface area contributed by atoms with Crippen molar-refractivity contribution < 1.29 is 29.0 Å². The van der Waals surface area contributed by atoms with Gasteiger partial charge < -0.3 is 19.6 Å². The van der Waals surface area contributed by atoms with Crippen LogP contribution in [0.1, 0.15) is 5.56 Å². The third-order valence-corrected chi connectivity index (χ3v) is 4.40. The Bertz CT molecular complexity index is 722.